The maximum Gasteiger partial charge on any atom is 0.330 e. The molecule has 1 aliphatic heterocycles. The molecule has 7 rings (SSSR count). The van der Waals surface area contributed by atoms with E-state index < -0.39 is 30.5 Å². The third-order valence-electron chi connectivity index (χ3n) is 8.06. The van der Waals surface area contributed by atoms with E-state index >= 15 is 0 Å². The van der Waals surface area contributed by atoms with E-state index in [0.29, 0.717) is 17.4 Å². The molecule has 6 nitrogen and oxygen atoms in total. The van der Waals surface area contributed by atoms with Crippen LogP contribution in [0.3, 0.4) is 0 Å². The Kier molecular flexibility index (Phi) is 5.48. The second kappa shape index (κ2) is 8.55. The summed E-state index contributed by atoms with van der Waals surface area (Å²) in [7, 11) is 0. The highest BCUT2D eigenvalue weighted by molar-refractivity contribution is 9.10. The van der Waals surface area contributed by atoms with E-state index in [9.17, 15) is 19.2 Å². The third-order valence-corrected chi connectivity index (χ3v) is 8.59. The van der Waals surface area contributed by atoms with Gasteiger partial charge in [-0.25, -0.2) is 4.79 Å². The van der Waals surface area contributed by atoms with Crippen LogP contribution in [-0.4, -0.2) is 41.1 Å². The first kappa shape index (κ1) is 22.4. The molecule has 0 spiro atoms. The predicted octanol–water partition coefficient (Wildman–Crippen LogP) is 3.84. The minimum atomic E-state index is -1.10. The van der Waals surface area contributed by atoms with Crippen LogP contribution in [0.25, 0.3) is 0 Å². The van der Waals surface area contributed by atoms with Gasteiger partial charge in [-0.05, 0) is 47.8 Å². The highest BCUT2D eigenvalue weighted by Gasteiger charge is 2.68. The molecule has 2 aromatic rings. The Morgan fingerprint density at radius 2 is 1.51 bits per heavy atom. The van der Waals surface area contributed by atoms with E-state index in [0.717, 1.165) is 21.4 Å². The number of nitrogens with zero attached hydrogens (tertiary/aromatic N) is 1. The van der Waals surface area contributed by atoms with E-state index in [1.807, 2.05) is 30.3 Å². The van der Waals surface area contributed by atoms with Crippen molar-refractivity contribution in [1.82, 2.24) is 4.90 Å². The van der Waals surface area contributed by atoms with Crippen molar-refractivity contribution < 1.29 is 23.9 Å². The van der Waals surface area contributed by atoms with Crippen LogP contribution in [0.1, 0.15) is 22.3 Å². The molecule has 1 heterocycles. The van der Waals surface area contributed by atoms with Crippen LogP contribution < -0.4 is 0 Å². The number of ketones is 1. The number of likely N-dealkylation sites (tertiary alicyclic amines) is 1. The van der Waals surface area contributed by atoms with Crippen LogP contribution in [0.4, 0.5) is 0 Å². The molecule has 7 heteroatoms. The van der Waals surface area contributed by atoms with Gasteiger partial charge in [0.25, 0.3) is 0 Å². The van der Waals surface area contributed by atoms with Crippen molar-refractivity contribution in [1.29, 1.82) is 0 Å². The molecule has 2 aromatic carbocycles. The van der Waals surface area contributed by atoms with Gasteiger partial charge < -0.3 is 4.74 Å². The van der Waals surface area contributed by atoms with E-state index in [1.54, 1.807) is 24.3 Å². The number of benzene rings is 2. The first-order valence-electron chi connectivity index (χ1n) is 12.0. The van der Waals surface area contributed by atoms with E-state index in [-0.39, 0.29) is 35.9 Å². The summed E-state index contributed by atoms with van der Waals surface area (Å²) in [4.78, 5) is 54.3. The number of ether oxygens (including phenoxy) is 1. The zero-order chi connectivity index (χ0) is 24.3. The van der Waals surface area contributed by atoms with Gasteiger partial charge in [0, 0.05) is 16.5 Å². The Morgan fingerprint density at radius 1 is 0.914 bits per heavy atom. The normalized spacial score (nSPS) is 30.6. The zero-order valence-corrected chi connectivity index (χ0v) is 20.5. The molecule has 1 saturated heterocycles. The second-order valence-electron chi connectivity index (χ2n) is 9.94. The Morgan fingerprint density at radius 3 is 2.11 bits per heavy atom. The van der Waals surface area contributed by atoms with Crippen molar-refractivity contribution in [2.45, 2.75) is 18.9 Å². The maximum atomic E-state index is 13.6. The maximum absolute atomic E-state index is 13.6. The van der Waals surface area contributed by atoms with Crippen LogP contribution in [0, 0.1) is 35.5 Å². The number of rotatable bonds is 7. The lowest BCUT2D eigenvalue weighted by molar-refractivity contribution is -0.158. The van der Waals surface area contributed by atoms with Gasteiger partial charge in [-0.3, -0.25) is 19.3 Å². The highest BCUT2D eigenvalue weighted by Crippen LogP contribution is 2.65. The number of carbonyl (C=O) groups is 4. The molecular formula is C28H24BrNO5. The first-order chi connectivity index (χ1) is 16.9. The van der Waals surface area contributed by atoms with Crippen molar-refractivity contribution >= 4 is 39.5 Å². The Balaban J connectivity index is 1.25. The standard InChI is InChI=1S/C28H24BrNO5/c29-17-8-6-16(7-9-17)23(31)14-35-28(34)22(12-15-4-2-1-3-5-15)30-26(32)24-18-10-11-19(21-13-20(18)21)25(24)27(30)33/h1-11,18-22,24-25H,12-14H2/t18-,19-,20-,21+,22-,24-,25+/m0/s1. The molecule has 2 bridgehead atoms. The summed E-state index contributed by atoms with van der Waals surface area (Å²) in [6.07, 6.45) is 5.44. The number of hydrogen-bond donors (Lipinski definition) is 0. The fraction of sp³-hybridized carbons (Fsp3) is 0.357. The lowest BCUT2D eigenvalue weighted by atomic mass is 9.63. The number of carbonyl (C=O) groups excluding carboxylic acids is 4. The van der Waals surface area contributed by atoms with Gasteiger partial charge >= 0.3 is 5.97 Å². The molecule has 4 aliphatic carbocycles. The van der Waals surface area contributed by atoms with E-state index in [4.69, 9.17) is 4.74 Å². The molecule has 2 amide bonds. The summed E-state index contributed by atoms with van der Waals surface area (Å²) < 4.78 is 6.26. The quantitative estimate of drug-likeness (QED) is 0.234. The number of amides is 2. The fourth-order valence-electron chi connectivity index (χ4n) is 6.36. The average molecular weight is 534 g/mol. The number of imide groups is 1. The molecule has 178 valence electrons. The largest absolute Gasteiger partial charge is 0.456 e. The highest BCUT2D eigenvalue weighted by atomic mass is 79.9. The SMILES string of the molecule is O=C(COC(=O)[C@H](Cc1ccccc1)N1C(=O)[C@@H]2[C@H]3C=C[C@@H]([C@@H]4C[C@H]34)[C@@H]2C1=O)c1ccc(Br)cc1. The Hall–Kier alpha value is -3.06. The van der Waals surface area contributed by atoms with Gasteiger partial charge in [0.05, 0.1) is 11.8 Å². The van der Waals surface area contributed by atoms with Crippen molar-refractivity contribution in [3.63, 3.8) is 0 Å². The smallest absolute Gasteiger partial charge is 0.330 e. The second-order valence-corrected chi connectivity index (χ2v) is 10.9. The van der Waals surface area contributed by atoms with Crippen molar-refractivity contribution in [2.75, 3.05) is 6.61 Å². The molecule has 3 fully saturated rings. The lowest BCUT2D eigenvalue weighted by Crippen LogP contribution is -2.48. The number of allylic oxidation sites excluding steroid dienone is 2. The first-order valence-corrected chi connectivity index (χ1v) is 12.8. The van der Waals surface area contributed by atoms with E-state index in [2.05, 4.69) is 28.1 Å². The third kappa shape index (κ3) is 3.77. The molecule has 0 N–H and O–H groups in total. The van der Waals surface area contributed by atoms with Crippen LogP contribution in [0.2, 0.25) is 0 Å². The fourth-order valence-corrected chi connectivity index (χ4v) is 6.62. The van der Waals surface area contributed by atoms with Gasteiger partial charge in [0.1, 0.15) is 6.04 Å². The van der Waals surface area contributed by atoms with Crippen molar-refractivity contribution in [3.05, 3.63) is 82.3 Å². The molecular weight excluding hydrogens is 510 g/mol. The van der Waals surface area contributed by atoms with Crippen LogP contribution >= 0.6 is 15.9 Å². The topological polar surface area (TPSA) is 80.8 Å². The zero-order valence-electron chi connectivity index (χ0n) is 18.9. The molecule has 35 heavy (non-hydrogen) atoms. The molecule has 2 saturated carbocycles. The van der Waals surface area contributed by atoms with Crippen LogP contribution in [0.5, 0.6) is 0 Å². The summed E-state index contributed by atoms with van der Waals surface area (Å²) in [5.41, 5.74) is 1.23. The molecule has 5 aliphatic rings. The minimum absolute atomic E-state index is 0.0730. The van der Waals surface area contributed by atoms with Gasteiger partial charge in [0.15, 0.2) is 12.4 Å². The minimum Gasteiger partial charge on any atom is -0.456 e. The van der Waals surface area contributed by atoms with Gasteiger partial charge in [0.2, 0.25) is 11.8 Å². The molecule has 0 radical (unpaired) electrons. The monoisotopic (exact) mass is 533 g/mol. The Labute approximate surface area is 211 Å². The van der Waals surface area contributed by atoms with Gasteiger partial charge in [-0.2, -0.15) is 0 Å². The van der Waals surface area contributed by atoms with Gasteiger partial charge in [-0.15, -0.1) is 0 Å². The summed E-state index contributed by atoms with van der Waals surface area (Å²) >= 11 is 3.33. The lowest BCUT2D eigenvalue weighted by Gasteiger charge is -2.37. The number of Topliss-reactive ketones (excluding diaryl/α,β-unsaturated/α-hetero) is 1. The number of halogens is 1. The van der Waals surface area contributed by atoms with Crippen LogP contribution in [0.15, 0.2) is 71.2 Å². The summed E-state index contributed by atoms with van der Waals surface area (Å²) in [6.45, 7) is -0.453. The van der Waals surface area contributed by atoms with Crippen molar-refractivity contribution in [3.8, 4) is 0 Å². The van der Waals surface area contributed by atoms with Crippen LogP contribution in [-0.2, 0) is 25.5 Å². The predicted molar refractivity (Wildman–Crippen MR) is 130 cm³/mol. The summed E-state index contributed by atoms with van der Waals surface area (Å²) in [5.74, 6) is -1.31. The summed E-state index contributed by atoms with van der Waals surface area (Å²) in [5, 5.41) is 0. The van der Waals surface area contributed by atoms with Crippen molar-refractivity contribution in [2.24, 2.45) is 35.5 Å². The molecule has 7 atom stereocenters. The number of esters is 1. The summed E-state index contributed by atoms with van der Waals surface area (Å²) in [6, 6.07) is 14.9. The van der Waals surface area contributed by atoms with Gasteiger partial charge in [-0.1, -0.05) is 70.5 Å². The Bertz CT molecular complexity index is 1200. The average Bonchev–Trinajstić information content (AvgIpc) is 3.65. The molecule has 0 aromatic heterocycles. The number of hydrogen-bond acceptors (Lipinski definition) is 5. The molecule has 0 unspecified atom stereocenters. The van der Waals surface area contributed by atoms with E-state index in [1.165, 1.54) is 0 Å².